The second kappa shape index (κ2) is 13.5. The molecule has 1 aliphatic rings. The minimum absolute atomic E-state index is 0. The van der Waals surface area contributed by atoms with E-state index >= 15 is 0 Å². The number of methoxy groups -OCH3 is 1. The van der Waals surface area contributed by atoms with Crippen molar-refractivity contribution in [1.29, 1.82) is 0 Å². The highest BCUT2D eigenvalue weighted by atomic mass is 35.5. The number of hydrogen-bond donors (Lipinski definition) is 2. The first-order valence-corrected chi connectivity index (χ1v) is 8.60. The Morgan fingerprint density at radius 2 is 1.85 bits per heavy atom. The summed E-state index contributed by atoms with van der Waals surface area (Å²) in [5.41, 5.74) is 6.55. The SMILES string of the molecule is COc1cc(N)c(Cl)cc1C(=O)NCC(C)CN1CCN(C)CC1.Cl.Cl.Cl. The van der Waals surface area contributed by atoms with Gasteiger partial charge in [0.1, 0.15) is 5.75 Å². The Labute approximate surface area is 185 Å². The van der Waals surface area contributed by atoms with Crippen molar-refractivity contribution < 1.29 is 9.53 Å². The van der Waals surface area contributed by atoms with Crippen molar-refractivity contribution in [2.75, 3.05) is 59.2 Å². The summed E-state index contributed by atoms with van der Waals surface area (Å²) >= 11 is 6.02. The lowest BCUT2D eigenvalue weighted by atomic mass is 10.1. The molecule has 3 N–H and O–H groups in total. The van der Waals surface area contributed by atoms with Crippen LogP contribution < -0.4 is 15.8 Å². The molecule has 0 aromatic heterocycles. The summed E-state index contributed by atoms with van der Waals surface area (Å²) in [5, 5.41) is 3.32. The van der Waals surface area contributed by atoms with Crippen molar-refractivity contribution in [2.45, 2.75) is 6.92 Å². The minimum atomic E-state index is -0.195. The first-order valence-electron chi connectivity index (χ1n) is 8.22. The van der Waals surface area contributed by atoms with Gasteiger partial charge in [-0.15, -0.1) is 37.2 Å². The second-order valence-electron chi connectivity index (χ2n) is 6.49. The van der Waals surface area contributed by atoms with Crippen LogP contribution in [0.25, 0.3) is 0 Å². The summed E-state index contributed by atoms with van der Waals surface area (Å²) in [7, 11) is 3.65. The topological polar surface area (TPSA) is 70.8 Å². The molecule has 1 fully saturated rings. The van der Waals surface area contributed by atoms with Gasteiger partial charge in [-0.2, -0.15) is 0 Å². The van der Waals surface area contributed by atoms with E-state index in [4.69, 9.17) is 22.1 Å². The lowest BCUT2D eigenvalue weighted by Gasteiger charge is -2.33. The van der Waals surface area contributed by atoms with Crippen molar-refractivity contribution in [3.63, 3.8) is 0 Å². The summed E-state index contributed by atoms with van der Waals surface area (Å²) in [6.45, 7) is 8.09. The second-order valence-corrected chi connectivity index (χ2v) is 6.90. The third kappa shape index (κ3) is 8.50. The molecule has 1 amide bonds. The van der Waals surface area contributed by atoms with Gasteiger partial charge in [-0.25, -0.2) is 0 Å². The van der Waals surface area contributed by atoms with Crippen LogP contribution in [0.3, 0.4) is 0 Å². The third-order valence-corrected chi connectivity index (χ3v) is 4.67. The standard InChI is InChI=1S/C17H27ClN4O2.3ClH/c1-12(11-22-6-4-21(2)5-7-22)10-20-17(23)13-8-14(18)15(19)9-16(13)24-3;;;/h8-9,12H,4-7,10-11,19H2,1-3H3,(H,20,23);3*1H. The predicted molar refractivity (Wildman–Crippen MR) is 120 cm³/mol. The van der Waals surface area contributed by atoms with E-state index in [0.29, 0.717) is 34.5 Å². The van der Waals surface area contributed by atoms with Crippen LogP contribution in [0.15, 0.2) is 12.1 Å². The third-order valence-electron chi connectivity index (χ3n) is 4.34. The Bertz CT molecular complexity index is 584. The van der Waals surface area contributed by atoms with Gasteiger partial charge in [0.25, 0.3) is 5.91 Å². The van der Waals surface area contributed by atoms with Gasteiger partial charge in [-0.1, -0.05) is 18.5 Å². The van der Waals surface area contributed by atoms with Crippen LogP contribution in [0, 0.1) is 5.92 Å². The fraction of sp³-hybridized carbons (Fsp3) is 0.588. The zero-order chi connectivity index (χ0) is 17.7. The molecule has 1 saturated heterocycles. The molecule has 27 heavy (non-hydrogen) atoms. The van der Waals surface area contributed by atoms with Crippen molar-refractivity contribution in [2.24, 2.45) is 5.92 Å². The molecular formula is C17H30Cl4N4O2. The molecule has 0 bridgehead atoms. The average Bonchev–Trinajstić information content (AvgIpc) is 2.56. The maximum absolute atomic E-state index is 12.4. The summed E-state index contributed by atoms with van der Waals surface area (Å²) in [6, 6.07) is 3.13. The molecule has 6 nitrogen and oxygen atoms in total. The number of hydrogen-bond acceptors (Lipinski definition) is 5. The predicted octanol–water partition coefficient (Wildman–Crippen LogP) is 2.81. The van der Waals surface area contributed by atoms with Crippen molar-refractivity contribution in [1.82, 2.24) is 15.1 Å². The molecule has 1 heterocycles. The van der Waals surface area contributed by atoms with E-state index < -0.39 is 0 Å². The number of carbonyl (C=O) groups excluding carboxylic acids is 1. The molecule has 0 spiro atoms. The molecule has 0 aliphatic carbocycles. The van der Waals surface area contributed by atoms with E-state index in [1.807, 2.05) is 0 Å². The fourth-order valence-corrected chi connectivity index (χ4v) is 2.98. The van der Waals surface area contributed by atoms with Gasteiger partial charge in [0.2, 0.25) is 0 Å². The number of nitrogens with one attached hydrogen (secondary N) is 1. The molecule has 2 rings (SSSR count). The molecule has 1 atom stereocenters. The van der Waals surface area contributed by atoms with Crippen LogP contribution in [0.2, 0.25) is 5.02 Å². The lowest BCUT2D eigenvalue weighted by Crippen LogP contribution is -2.46. The number of benzene rings is 1. The van der Waals surface area contributed by atoms with Crippen LogP contribution >= 0.6 is 48.8 Å². The van der Waals surface area contributed by atoms with E-state index in [0.717, 1.165) is 32.7 Å². The van der Waals surface area contributed by atoms with Crippen molar-refractivity contribution in [3.8, 4) is 5.75 Å². The number of carbonyl (C=O) groups is 1. The van der Waals surface area contributed by atoms with Crippen LogP contribution in [0.1, 0.15) is 17.3 Å². The van der Waals surface area contributed by atoms with Gasteiger partial charge in [-0.3, -0.25) is 4.79 Å². The normalized spacial score (nSPS) is 15.6. The zero-order valence-electron chi connectivity index (χ0n) is 15.9. The molecule has 158 valence electrons. The van der Waals surface area contributed by atoms with E-state index in [2.05, 4.69) is 29.1 Å². The molecule has 0 radical (unpaired) electrons. The van der Waals surface area contributed by atoms with Gasteiger partial charge >= 0.3 is 0 Å². The van der Waals surface area contributed by atoms with Crippen LogP contribution in [-0.4, -0.2) is 69.1 Å². The molecule has 1 aromatic carbocycles. The van der Waals surface area contributed by atoms with Gasteiger partial charge in [0.15, 0.2) is 0 Å². The number of ether oxygens (including phenoxy) is 1. The Morgan fingerprint density at radius 1 is 1.26 bits per heavy atom. The monoisotopic (exact) mass is 462 g/mol. The largest absolute Gasteiger partial charge is 0.496 e. The van der Waals surface area contributed by atoms with Crippen LogP contribution in [-0.2, 0) is 0 Å². The van der Waals surface area contributed by atoms with Gasteiger partial charge in [0, 0.05) is 45.3 Å². The molecule has 1 aliphatic heterocycles. The van der Waals surface area contributed by atoms with Crippen molar-refractivity contribution in [3.05, 3.63) is 22.7 Å². The number of rotatable bonds is 6. The Hall–Kier alpha value is -0.630. The molecule has 10 heteroatoms. The first-order chi connectivity index (χ1) is 11.4. The number of anilines is 1. The number of likely N-dealkylation sites (N-methyl/N-ethyl adjacent to an activating group) is 1. The smallest absolute Gasteiger partial charge is 0.255 e. The van der Waals surface area contributed by atoms with Gasteiger partial charge in [0.05, 0.1) is 23.4 Å². The number of nitrogen functional groups attached to an aromatic ring is 1. The Kier molecular flexibility index (Phi) is 14.3. The highest BCUT2D eigenvalue weighted by Gasteiger charge is 2.18. The zero-order valence-corrected chi connectivity index (χ0v) is 19.1. The summed E-state index contributed by atoms with van der Waals surface area (Å²) in [4.78, 5) is 17.2. The highest BCUT2D eigenvalue weighted by Crippen LogP contribution is 2.28. The highest BCUT2D eigenvalue weighted by molar-refractivity contribution is 6.33. The minimum Gasteiger partial charge on any atom is -0.496 e. The average molecular weight is 464 g/mol. The number of halogens is 4. The quantitative estimate of drug-likeness (QED) is 0.634. The number of nitrogens with two attached hydrogens (primary N) is 1. The Morgan fingerprint density at radius 3 is 2.41 bits per heavy atom. The lowest BCUT2D eigenvalue weighted by molar-refractivity contribution is 0.0934. The summed E-state index contributed by atoms with van der Waals surface area (Å²) < 4.78 is 5.23. The fourth-order valence-electron chi connectivity index (χ4n) is 2.81. The molecule has 1 unspecified atom stereocenters. The van der Waals surface area contributed by atoms with E-state index in [-0.39, 0.29) is 43.1 Å². The first kappa shape index (κ1) is 28.6. The van der Waals surface area contributed by atoms with Gasteiger partial charge < -0.3 is 25.6 Å². The summed E-state index contributed by atoms with van der Waals surface area (Å²) in [6.07, 6.45) is 0. The number of amides is 1. The molecular weight excluding hydrogens is 434 g/mol. The van der Waals surface area contributed by atoms with Gasteiger partial charge in [-0.05, 0) is 19.0 Å². The van der Waals surface area contributed by atoms with E-state index in [1.165, 1.54) is 7.11 Å². The van der Waals surface area contributed by atoms with E-state index in [1.54, 1.807) is 12.1 Å². The molecule has 0 saturated carbocycles. The van der Waals surface area contributed by atoms with Crippen LogP contribution in [0.4, 0.5) is 5.69 Å². The number of nitrogens with zero attached hydrogens (tertiary/aromatic N) is 2. The van der Waals surface area contributed by atoms with Crippen LogP contribution in [0.5, 0.6) is 5.75 Å². The van der Waals surface area contributed by atoms with Crippen molar-refractivity contribution >= 4 is 60.4 Å². The molecule has 1 aromatic rings. The number of piperazine rings is 1. The Balaban J connectivity index is 0. The van der Waals surface area contributed by atoms with E-state index in [9.17, 15) is 4.79 Å². The maximum atomic E-state index is 12.4. The maximum Gasteiger partial charge on any atom is 0.255 e. The summed E-state index contributed by atoms with van der Waals surface area (Å²) in [5.74, 6) is 0.604.